The lowest BCUT2D eigenvalue weighted by Crippen LogP contribution is -2.34. The fourth-order valence-electron chi connectivity index (χ4n) is 4.20. The van der Waals surface area contributed by atoms with Gasteiger partial charge in [-0.1, -0.05) is 36.4 Å². The van der Waals surface area contributed by atoms with Gasteiger partial charge in [0.25, 0.3) is 5.91 Å². The third kappa shape index (κ3) is 5.98. The highest BCUT2D eigenvalue weighted by molar-refractivity contribution is 5.94. The molecule has 160 valence electrons. The molecule has 1 amide bonds. The van der Waals surface area contributed by atoms with Gasteiger partial charge in [0.05, 0.1) is 0 Å². The standard InChI is InChI=1S/C26H28FN3O/c27-24-11-9-21(10-12-24)18-29(16-14-25-8-4-5-15-28-25)19-22-13-17-30(20-22)26(31)23-6-2-1-3-7-23/h1-12,15,22H,13-14,16-20H2. The van der Waals surface area contributed by atoms with Crippen LogP contribution in [0, 0.1) is 11.7 Å². The Labute approximate surface area is 183 Å². The fourth-order valence-corrected chi connectivity index (χ4v) is 4.20. The monoisotopic (exact) mass is 417 g/mol. The normalized spacial score (nSPS) is 16.1. The van der Waals surface area contributed by atoms with E-state index in [1.807, 2.05) is 71.8 Å². The van der Waals surface area contributed by atoms with E-state index in [0.717, 1.165) is 62.4 Å². The Morgan fingerprint density at radius 3 is 2.55 bits per heavy atom. The summed E-state index contributed by atoms with van der Waals surface area (Å²) in [6.45, 7) is 4.11. The predicted molar refractivity (Wildman–Crippen MR) is 120 cm³/mol. The van der Waals surface area contributed by atoms with Crippen LogP contribution in [0.5, 0.6) is 0 Å². The molecule has 4 nitrogen and oxygen atoms in total. The van der Waals surface area contributed by atoms with Gasteiger partial charge < -0.3 is 4.90 Å². The summed E-state index contributed by atoms with van der Waals surface area (Å²) in [7, 11) is 0. The van der Waals surface area contributed by atoms with Gasteiger partial charge in [-0.05, 0) is 54.3 Å². The highest BCUT2D eigenvalue weighted by Gasteiger charge is 2.28. The van der Waals surface area contributed by atoms with Crippen LogP contribution < -0.4 is 0 Å². The van der Waals surface area contributed by atoms with E-state index in [1.54, 1.807) is 0 Å². The number of halogens is 1. The Kier molecular flexibility index (Phi) is 7.05. The second-order valence-electron chi connectivity index (χ2n) is 8.20. The van der Waals surface area contributed by atoms with Gasteiger partial charge in [-0.2, -0.15) is 0 Å². The summed E-state index contributed by atoms with van der Waals surface area (Å²) in [6, 6.07) is 22.2. The van der Waals surface area contributed by atoms with Crippen LogP contribution >= 0.6 is 0 Å². The van der Waals surface area contributed by atoms with E-state index in [1.165, 1.54) is 12.1 Å². The fraction of sp³-hybridized carbons (Fsp3) is 0.308. The molecule has 0 bridgehead atoms. The molecule has 4 rings (SSSR count). The molecule has 0 saturated carbocycles. The Balaban J connectivity index is 1.39. The summed E-state index contributed by atoms with van der Waals surface area (Å²) >= 11 is 0. The van der Waals surface area contributed by atoms with Crippen LogP contribution in [0.3, 0.4) is 0 Å². The van der Waals surface area contributed by atoms with E-state index in [9.17, 15) is 9.18 Å². The molecule has 31 heavy (non-hydrogen) atoms. The van der Waals surface area contributed by atoms with Crippen LogP contribution in [0.1, 0.15) is 28.0 Å². The van der Waals surface area contributed by atoms with E-state index < -0.39 is 0 Å². The van der Waals surface area contributed by atoms with Crippen LogP contribution in [0.4, 0.5) is 4.39 Å². The molecule has 2 aromatic carbocycles. The van der Waals surface area contributed by atoms with Crippen LogP contribution in [-0.4, -0.2) is 46.9 Å². The number of carbonyl (C=O) groups is 1. The zero-order chi connectivity index (χ0) is 21.5. The minimum Gasteiger partial charge on any atom is -0.338 e. The van der Waals surface area contributed by atoms with E-state index in [4.69, 9.17) is 0 Å². The van der Waals surface area contributed by atoms with Crippen molar-refractivity contribution >= 4 is 5.91 Å². The maximum atomic E-state index is 13.3. The number of amides is 1. The molecule has 5 heteroatoms. The van der Waals surface area contributed by atoms with Crippen molar-refractivity contribution in [3.8, 4) is 0 Å². The molecular formula is C26H28FN3O. The lowest BCUT2D eigenvalue weighted by atomic mass is 10.1. The molecule has 0 aliphatic carbocycles. The molecule has 1 aliphatic rings. The van der Waals surface area contributed by atoms with Gasteiger partial charge >= 0.3 is 0 Å². The topological polar surface area (TPSA) is 36.4 Å². The molecule has 0 spiro atoms. The van der Waals surface area contributed by atoms with E-state index in [0.29, 0.717) is 5.92 Å². The molecule has 1 saturated heterocycles. The van der Waals surface area contributed by atoms with E-state index >= 15 is 0 Å². The number of hydrogen-bond donors (Lipinski definition) is 0. The van der Waals surface area contributed by atoms with Gasteiger partial charge in [-0.15, -0.1) is 0 Å². The van der Waals surface area contributed by atoms with Crippen LogP contribution in [0.2, 0.25) is 0 Å². The molecule has 1 aliphatic heterocycles. The number of likely N-dealkylation sites (tertiary alicyclic amines) is 1. The Bertz CT molecular complexity index is 963. The summed E-state index contributed by atoms with van der Waals surface area (Å²) in [6.07, 6.45) is 3.69. The first-order chi connectivity index (χ1) is 15.2. The SMILES string of the molecule is O=C(c1ccccc1)N1CCC(CN(CCc2ccccn2)Cc2ccc(F)cc2)C1. The van der Waals surface area contributed by atoms with Gasteiger partial charge in [0.1, 0.15) is 5.82 Å². The van der Waals surface area contributed by atoms with Crippen molar-refractivity contribution in [2.24, 2.45) is 5.92 Å². The van der Waals surface area contributed by atoms with Crippen molar-refractivity contribution in [1.29, 1.82) is 0 Å². The first-order valence-corrected chi connectivity index (χ1v) is 10.9. The number of benzene rings is 2. The maximum absolute atomic E-state index is 13.3. The number of pyridine rings is 1. The number of aromatic nitrogens is 1. The highest BCUT2D eigenvalue weighted by atomic mass is 19.1. The predicted octanol–water partition coefficient (Wildman–Crippen LogP) is 4.43. The average molecular weight is 418 g/mol. The van der Waals surface area contributed by atoms with Gasteiger partial charge in [0, 0.05) is 56.6 Å². The lowest BCUT2D eigenvalue weighted by Gasteiger charge is -2.26. The zero-order valence-corrected chi connectivity index (χ0v) is 17.7. The smallest absolute Gasteiger partial charge is 0.253 e. The summed E-state index contributed by atoms with van der Waals surface area (Å²) < 4.78 is 13.3. The molecule has 1 fully saturated rings. The summed E-state index contributed by atoms with van der Waals surface area (Å²) in [4.78, 5) is 21.6. The average Bonchev–Trinajstić information content (AvgIpc) is 3.28. The Hall–Kier alpha value is -3.05. The number of nitrogens with zero attached hydrogens (tertiary/aromatic N) is 3. The minimum atomic E-state index is -0.213. The van der Waals surface area contributed by atoms with Crippen molar-refractivity contribution in [2.75, 3.05) is 26.2 Å². The number of rotatable bonds is 8. The van der Waals surface area contributed by atoms with Gasteiger partial charge in [-0.25, -0.2) is 4.39 Å². The quantitative estimate of drug-likeness (QED) is 0.544. The molecule has 0 N–H and O–H groups in total. The van der Waals surface area contributed by atoms with Crippen LogP contribution in [-0.2, 0) is 13.0 Å². The molecular weight excluding hydrogens is 389 g/mol. The van der Waals surface area contributed by atoms with Gasteiger partial charge in [-0.3, -0.25) is 14.7 Å². The third-order valence-electron chi connectivity index (χ3n) is 5.84. The number of hydrogen-bond acceptors (Lipinski definition) is 3. The van der Waals surface area contributed by atoms with Crippen molar-refractivity contribution in [3.05, 3.63) is 102 Å². The van der Waals surface area contributed by atoms with Crippen LogP contribution in [0.15, 0.2) is 79.0 Å². The molecule has 0 radical (unpaired) electrons. The van der Waals surface area contributed by atoms with Gasteiger partial charge in [0.2, 0.25) is 0 Å². The number of carbonyl (C=O) groups excluding carboxylic acids is 1. The second kappa shape index (κ2) is 10.3. The molecule has 1 atom stereocenters. The summed E-state index contributed by atoms with van der Waals surface area (Å²) in [5.41, 5.74) is 2.91. The van der Waals surface area contributed by atoms with E-state index in [-0.39, 0.29) is 11.7 Å². The maximum Gasteiger partial charge on any atom is 0.253 e. The Morgan fingerprint density at radius 1 is 1.03 bits per heavy atom. The molecule has 3 aromatic rings. The molecule has 2 heterocycles. The lowest BCUT2D eigenvalue weighted by molar-refractivity contribution is 0.0783. The summed E-state index contributed by atoms with van der Waals surface area (Å²) in [5, 5.41) is 0. The second-order valence-corrected chi connectivity index (χ2v) is 8.20. The first-order valence-electron chi connectivity index (χ1n) is 10.9. The molecule has 1 aromatic heterocycles. The Morgan fingerprint density at radius 2 is 1.81 bits per heavy atom. The van der Waals surface area contributed by atoms with Crippen molar-refractivity contribution < 1.29 is 9.18 Å². The highest BCUT2D eigenvalue weighted by Crippen LogP contribution is 2.21. The third-order valence-corrected chi connectivity index (χ3v) is 5.84. The minimum absolute atomic E-state index is 0.113. The van der Waals surface area contributed by atoms with Gasteiger partial charge in [0.15, 0.2) is 0 Å². The van der Waals surface area contributed by atoms with Crippen molar-refractivity contribution in [2.45, 2.75) is 19.4 Å². The zero-order valence-electron chi connectivity index (χ0n) is 17.7. The summed E-state index contributed by atoms with van der Waals surface area (Å²) in [5.74, 6) is 0.327. The van der Waals surface area contributed by atoms with Crippen LogP contribution in [0.25, 0.3) is 0 Å². The first kappa shape index (κ1) is 21.2. The van der Waals surface area contributed by atoms with E-state index in [2.05, 4.69) is 9.88 Å². The van der Waals surface area contributed by atoms with Crippen molar-refractivity contribution in [1.82, 2.24) is 14.8 Å². The molecule has 1 unspecified atom stereocenters. The largest absolute Gasteiger partial charge is 0.338 e. The van der Waals surface area contributed by atoms with Crippen molar-refractivity contribution in [3.63, 3.8) is 0 Å².